The number of benzene rings is 1. The minimum absolute atomic E-state index is 0.0259. The molecule has 3 nitrogen and oxygen atoms in total. The van der Waals surface area contributed by atoms with Crippen molar-refractivity contribution in [3.63, 3.8) is 0 Å². The van der Waals surface area contributed by atoms with E-state index in [0.717, 1.165) is 19.4 Å². The van der Waals surface area contributed by atoms with Crippen molar-refractivity contribution in [2.45, 2.75) is 32.4 Å². The van der Waals surface area contributed by atoms with Gasteiger partial charge in [-0.05, 0) is 24.9 Å². The highest BCUT2D eigenvalue weighted by atomic mass is 16.2. The summed E-state index contributed by atoms with van der Waals surface area (Å²) in [6, 6.07) is 10.3. The summed E-state index contributed by atoms with van der Waals surface area (Å²) in [4.78, 5) is 14.2. The zero-order valence-electron chi connectivity index (χ0n) is 11.4. The maximum atomic E-state index is 12.3. The number of nitrogens with one attached hydrogen (secondary N) is 1. The molecule has 0 aromatic heterocycles. The van der Waals surface area contributed by atoms with Crippen LogP contribution in [0.15, 0.2) is 30.3 Å². The predicted octanol–water partition coefficient (Wildman–Crippen LogP) is 2.34. The van der Waals surface area contributed by atoms with Gasteiger partial charge in [0.15, 0.2) is 0 Å². The van der Waals surface area contributed by atoms with Crippen LogP contribution in [0.25, 0.3) is 0 Å². The van der Waals surface area contributed by atoms with Gasteiger partial charge in [0.2, 0.25) is 5.91 Å². The van der Waals surface area contributed by atoms with Crippen molar-refractivity contribution >= 4 is 5.91 Å². The summed E-state index contributed by atoms with van der Waals surface area (Å²) in [6.45, 7) is 4.86. The average Bonchev–Trinajstić information content (AvgIpc) is 2.88. The van der Waals surface area contributed by atoms with Crippen LogP contribution in [0, 0.1) is 5.92 Å². The Morgan fingerprint density at radius 2 is 2.00 bits per heavy atom. The number of rotatable bonds is 3. The van der Waals surface area contributed by atoms with Gasteiger partial charge in [-0.25, -0.2) is 0 Å². The third-order valence-corrected chi connectivity index (χ3v) is 3.78. The lowest BCUT2D eigenvalue weighted by Gasteiger charge is -2.40. The lowest BCUT2D eigenvalue weighted by atomic mass is 9.94. The Balaban J connectivity index is 2.36. The minimum Gasteiger partial charge on any atom is -0.323 e. The zero-order valence-corrected chi connectivity index (χ0v) is 11.4. The Morgan fingerprint density at radius 1 is 1.33 bits per heavy atom. The van der Waals surface area contributed by atoms with Crippen LogP contribution in [0.4, 0.5) is 0 Å². The fourth-order valence-electron chi connectivity index (χ4n) is 2.74. The second-order valence-corrected chi connectivity index (χ2v) is 5.31. The maximum Gasteiger partial charge on any atom is 0.226 e. The van der Waals surface area contributed by atoms with Crippen molar-refractivity contribution in [1.29, 1.82) is 0 Å². The van der Waals surface area contributed by atoms with E-state index in [1.807, 2.05) is 44.0 Å². The van der Waals surface area contributed by atoms with Crippen molar-refractivity contribution < 1.29 is 4.79 Å². The molecule has 0 radical (unpaired) electrons. The summed E-state index contributed by atoms with van der Waals surface area (Å²) in [5.74, 6) is 0.214. The van der Waals surface area contributed by atoms with Crippen LogP contribution in [0.2, 0.25) is 0 Å². The van der Waals surface area contributed by atoms with E-state index in [-0.39, 0.29) is 17.5 Å². The van der Waals surface area contributed by atoms with Crippen LogP contribution in [0.1, 0.15) is 32.3 Å². The van der Waals surface area contributed by atoms with Crippen molar-refractivity contribution in [3.8, 4) is 0 Å². The van der Waals surface area contributed by atoms with Gasteiger partial charge in [-0.1, -0.05) is 44.2 Å². The second-order valence-electron chi connectivity index (χ2n) is 5.31. The SMILES string of the molecule is CC(C)C(=O)N(C)C1(c2ccccc2)CCCN1. The van der Waals surface area contributed by atoms with Crippen molar-refractivity contribution in [2.75, 3.05) is 13.6 Å². The molecular formula is C15H22N2O. The average molecular weight is 246 g/mol. The molecule has 2 rings (SSSR count). The van der Waals surface area contributed by atoms with Crippen LogP contribution < -0.4 is 5.32 Å². The molecule has 1 fully saturated rings. The van der Waals surface area contributed by atoms with E-state index in [0.29, 0.717) is 0 Å². The normalized spacial score (nSPS) is 23.3. The van der Waals surface area contributed by atoms with Crippen LogP contribution >= 0.6 is 0 Å². The molecule has 1 unspecified atom stereocenters. The molecule has 1 aromatic carbocycles. The molecule has 98 valence electrons. The lowest BCUT2D eigenvalue weighted by Crippen LogP contribution is -2.54. The molecule has 1 atom stereocenters. The van der Waals surface area contributed by atoms with E-state index in [1.165, 1.54) is 5.56 Å². The van der Waals surface area contributed by atoms with Gasteiger partial charge >= 0.3 is 0 Å². The molecular weight excluding hydrogens is 224 g/mol. The van der Waals surface area contributed by atoms with Crippen LogP contribution in [-0.2, 0) is 10.5 Å². The summed E-state index contributed by atoms with van der Waals surface area (Å²) in [5.41, 5.74) is 0.863. The molecule has 0 bridgehead atoms. The van der Waals surface area contributed by atoms with Crippen LogP contribution in [-0.4, -0.2) is 24.4 Å². The molecule has 1 amide bonds. The molecule has 18 heavy (non-hydrogen) atoms. The first-order valence-electron chi connectivity index (χ1n) is 6.66. The summed E-state index contributed by atoms with van der Waals surface area (Å²) >= 11 is 0. The molecule has 1 saturated heterocycles. The smallest absolute Gasteiger partial charge is 0.226 e. The molecule has 1 aliphatic rings. The van der Waals surface area contributed by atoms with E-state index in [4.69, 9.17) is 0 Å². The summed E-state index contributed by atoms with van der Waals surface area (Å²) in [5, 5.41) is 3.53. The molecule has 0 aliphatic carbocycles. The Kier molecular flexibility index (Phi) is 3.71. The van der Waals surface area contributed by atoms with E-state index < -0.39 is 0 Å². The summed E-state index contributed by atoms with van der Waals surface area (Å²) in [6.07, 6.45) is 2.08. The van der Waals surface area contributed by atoms with Crippen LogP contribution in [0.5, 0.6) is 0 Å². The number of amides is 1. The monoisotopic (exact) mass is 246 g/mol. The van der Waals surface area contributed by atoms with E-state index in [1.54, 1.807) is 0 Å². The molecule has 3 heteroatoms. The fourth-order valence-corrected chi connectivity index (χ4v) is 2.74. The quantitative estimate of drug-likeness (QED) is 0.888. The van der Waals surface area contributed by atoms with E-state index >= 15 is 0 Å². The number of hydrogen-bond acceptors (Lipinski definition) is 2. The second kappa shape index (κ2) is 5.11. The van der Waals surface area contributed by atoms with Gasteiger partial charge in [0.25, 0.3) is 0 Å². The highest BCUT2D eigenvalue weighted by Crippen LogP contribution is 2.34. The number of hydrogen-bond donors (Lipinski definition) is 1. The van der Waals surface area contributed by atoms with Crippen molar-refractivity contribution in [1.82, 2.24) is 10.2 Å². The van der Waals surface area contributed by atoms with Gasteiger partial charge in [-0.15, -0.1) is 0 Å². The van der Waals surface area contributed by atoms with Crippen molar-refractivity contribution in [2.24, 2.45) is 5.92 Å². The third kappa shape index (κ3) is 2.15. The topological polar surface area (TPSA) is 32.3 Å². The Hall–Kier alpha value is -1.35. The van der Waals surface area contributed by atoms with E-state index in [2.05, 4.69) is 17.4 Å². The van der Waals surface area contributed by atoms with Gasteiger partial charge < -0.3 is 4.90 Å². The van der Waals surface area contributed by atoms with Gasteiger partial charge in [0, 0.05) is 13.0 Å². The maximum absolute atomic E-state index is 12.3. The van der Waals surface area contributed by atoms with E-state index in [9.17, 15) is 4.79 Å². The third-order valence-electron chi connectivity index (χ3n) is 3.78. The highest BCUT2D eigenvalue weighted by Gasteiger charge is 2.41. The van der Waals surface area contributed by atoms with Gasteiger partial charge in [0.05, 0.1) is 0 Å². The number of carbonyl (C=O) groups is 1. The minimum atomic E-state index is -0.317. The Morgan fingerprint density at radius 3 is 2.50 bits per heavy atom. The molecule has 1 N–H and O–H groups in total. The number of carbonyl (C=O) groups excluding carboxylic acids is 1. The molecule has 1 aliphatic heterocycles. The standard InChI is InChI=1S/C15H22N2O/c1-12(2)14(18)17(3)15(10-7-11-16-15)13-8-5-4-6-9-13/h4-6,8-9,12,16H,7,10-11H2,1-3H3. The Bertz CT molecular complexity index is 408. The largest absolute Gasteiger partial charge is 0.323 e. The molecule has 1 heterocycles. The summed E-state index contributed by atoms with van der Waals surface area (Å²) < 4.78 is 0. The fraction of sp³-hybridized carbons (Fsp3) is 0.533. The zero-order chi connectivity index (χ0) is 13.2. The first-order valence-corrected chi connectivity index (χ1v) is 6.66. The predicted molar refractivity (Wildman–Crippen MR) is 73.0 cm³/mol. The lowest BCUT2D eigenvalue weighted by molar-refractivity contribution is -0.140. The number of nitrogens with zero attached hydrogens (tertiary/aromatic N) is 1. The first kappa shape index (κ1) is 13.1. The van der Waals surface area contributed by atoms with Crippen LogP contribution in [0.3, 0.4) is 0 Å². The van der Waals surface area contributed by atoms with Gasteiger partial charge in [-0.2, -0.15) is 0 Å². The molecule has 0 spiro atoms. The summed E-state index contributed by atoms with van der Waals surface area (Å²) in [7, 11) is 1.91. The van der Waals surface area contributed by atoms with Gasteiger partial charge in [0.1, 0.15) is 5.66 Å². The molecule has 0 saturated carbocycles. The first-order chi connectivity index (χ1) is 8.58. The van der Waals surface area contributed by atoms with Crippen molar-refractivity contribution in [3.05, 3.63) is 35.9 Å². The molecule has 1 aromatic rings. The highest BCUT2D eigenvalue weighted by molar-refractivity contribution is 5.78. The van der Waals surface area contributed by atoms with Gasteiger partial charge in [-0.3, -0.25) is 10.1 Å². The Labute approximate surface area is 109 Å².